The summed E-state index contributed by atoms with van der Waals surface area (Å²) >= 11 is 0. The van der Waals surface area contributed by atoms with Crippen LogP contribution in [0.5, 0.6) is 0 Å². The van der Waals surface area contributed by atoms with Crippen molar-refractivity contribution in [1.82, 2.24) is 15.1 Å². The molecule has 0 atom stereocenters. The van der Waals surface area contributed by atoms with E-state index in [4.69, 9.17) is 14.8 Å². The van der Waals surface area contributed by atoms with Crippen molar-refractivity contribution < 1.29 is 13.3 Å². The second kappa shape index (κ2) is 6.41. The van der Waals surface area contributed by atoms with Crippen LogP contribution < -0.4 is 11.3 Å². The first-order valence-electron chi connectivity index (χ1n) is 7.78. The smallest absolute Gasteiger partial charge is 0.282 e. The molecule has 0 fully saturated rings. The van der Waals surface area contributed by atoms with Crippen molar-refractivity contribution in [3.8, 4) is 34.4 Å². The van der Waals surface area contributed by atoms with E-state index in [0.29, 0.717) is 23.0 Å². The van der Waals surface area contributed by atoms with Crippen LogP contribution in [-0.2, 0) is 0 Å². The highest BCUT2D eigenvalue weighted by Gasteiger charge is 2.21. The Balaban J connectivity index is 1.71. The summed E-state index contributed by atoms with van der Waals surface area (Å²) in [4.78, 5) is 8.70. The average Bonchev–Trinajstić information content (AvgIpc) is 3.30. The molecule has 0 spiro atoms. The van der Waals surface area contributed by atoms with Gasteiger partial charge in [0.05, 0.1) is 0 Å². The van der Waals surface area contributed by atoms with E-state index in [1.165, 1.54) is 12.1 Å². The Hall–Kier alpha value is -3.52. The topological polar surface area (TPSA) is 103 Å². The minimum Gasteiger partial charge on any atom is -0.418 e. The number of hydrogen-bond acceptors (Lipinski definition) is 7. The van der Waals surface area contributed by atoms with Crippen molar-refractivity contribution >= 4 is 5.88 Å². The van der Waals surface area contributed by atoms with Crippen molar-refractivity contribution in [3.05, 3.63) is 59.9 Å². The fourth-order valence-electron chi connectivity index (χ4n) is 2.42. The number of nitrogens with two attached hydrogens (primary N) is 1. The number of aromatic nitrogens is 3. The molecule has 0 unspecified atom stereocenters. The van der Waals surface area contributed by atoms with E-state index < -0.39 is 0 Å². The van der Waals surface area contributed by atoms with Crippen LogP contribution in [0.2, 0.25) is 0 Å². The Morgan fingerprint density at radius 1 is 0.923 bits per heavy atom. The third kappa shape index (κ3) is 2.93. The van der Waals surface area contributed by atoms with E-state index in [9.17, 15) is 4.39 Å². The minimum atomic E-state index is -0.341. The summed E-state index contributed by atoms with van der Waals surface area (Å²) < 4.78 is 24.0. The van der Waals surface area contributed by atoms with Crippen molar-refractivity contribution in [2.45, 2.75) is 6.92 Å². The average molecular weight is 351 g/mol. The summed E-state index contributed by atoms with van der Waals surface area (Å²) in [7, 11) is 0. The summed E-state index contributed by atoms with van der Waals surface area (Å²) in [5.74, 6) is 6.20. The van der Waals surface area contributed by atoms with Crippen LogP contribution in [0.3, 0.4) is 0 Å². The Morgan fingerprint density at radius 3 is 2.31 bits per heavy atom. The molecule has 26 heavy (non-hydrogen) atoms. The third-order valence-corrected chi connectivity index (χ3v) is 3.79. The summed E-state index contributed by atoms with van der Waals surface area (Å²) in [5.41, 5.74) is 5.27. The zero-order valence-electron chi connectivity index (χ0n) is 13.7. The van der Waals surface area contributed by atoms with Gasteiger partial charge in [0.2, 0.25) is 17.6 Å². The number of nitrogens with one attached hydrogen (secondary N) is 1. The Labute approximate surface area is 147 Å². The van der Waals surface area contributed by atoms with E-state index in [2.05, 4.69) is 20.6 Å². The van der Waals surface area contributed by atoms with Crippen LogP contribution in [0.15, 0.2) is 57.5 Å². The van der Waals surface area contributed by atoms with Gasteiger partial charge in [0.15, 0.2) is 5.69 Å². The predicted molar refractivity (Wildman–Crippen MR) is 93.2 cm³/mol. The Bertz CT molecular complexity index is 1040. The highest BCUT2D eigenvalue weighted by atomic mass is 19.1. The molecule has 2 aromatic heterocycles. The highest BCUT2D eigenvalue weighted by molar-refractivity contribution is 5.69. The van der Waals surface area contributed by atoms with E-state index >= 15 is 0 Å². The minimum absolute atomic E-state index is 0.138. The highest BCUT2D eigenvalue weighted by Crippen LogP contribution is 2.32. The van der Waals surface area contributed by atoms with Crippen molar-refractivity contribution in [2.75, 3.05) is 5.43 Å². The Morgan fingerprint density at radius 2 is 1.62 bits per heavy atom. The number of hydrogen-bond donors (Lipinski definition) is 2. The van der Waals surface area contributed by atoms with Gasteiger partial charge in [-0.2, -0.15) is 4.98 Å². The molecule has 0 aliphatic heterocycles. The number of oxazole rings is 1. The number of nitrogen functional groups attached to an aromatic ring is 1. The number of hydrazine groups is 1. The second-order valence-corrected chi connectivity index (χ2v) is 5.64. The summed E-state index contributed by atoms with van der Waals surface area (Å²) in [6, 6.07) is 13.5. The van der Waals surface area contributed by atoms with Gasteiger partial charge < -0.3 is 8.94 Å². The molecule has 0 radical (unpaired) electrons. The van der Waals surface area contributed by atoms with E-state index in [-0.39, 0.29) is 17.6 Å². The van der Waals surface area contributed by atoms with Crippen LogP contribution in [0.4, 0.5) is 10.3 Å². The summed E-state index contributed by atoms with van der Waals surface area (Å²) in [6.45, 7) is 1.99. The molecule has 0 saturated heterocycles. The molecule has 7 nitrogen and oxygen atoms in total. The first-order valence-corrected chi connectivity index (χ1v) is 7.78. The van der Waals surface area contributed by atoms with Crippen LogP contribution in [0, 0.1) is 12.7 Å². The van der Waals surface area contributed by atoms with Crippen molar-refractivity contribution in [3.63, 3.8) is 0 Å². The third-order valence-electron chi connectivity index (χ3n) is 3.79. The lowest BCUT2D eigenvalue weighted by Gasteiger charge is -1.96. The van der Waals surface area contributed by atoms with Gasteiger partial charge in [-0.3, -0.25) is 5.43 Å². The van der Waals surface area contributed by atoms with Gasteiger partial charge in [0.1, 0.15) is 5.82 Å². The quantitative estimate of drug-likeness (QED) is 0.426. The largest absolute Gasteiger partial charge is 0.418 e. The maximum atomic E-state index is 13.1. The molecule has 0 bridgehead atoms. The number of anilines is 1. The maximum absolute atomic E-state index is 13.1. The number of benzene rings is 2. The monoisotopic (exact) mass is 351 g/mol. The zero-order chi connectivity index (χ0) is 18.1. The van der Waals surface area contributed by atoms with Gasteiger partial charge in [-0.25, -0.2) is 15.2 Å². The van der Waals surface area contributed by atoms with Gasteiger partial charge in [-0.05, 0) is 43.3 Å². The molecule has 3 N–H and O–H groups in total. The van der Waals surface area contributed by atoms with E-state index in [0.717, 1.165) is 11.1 Å². The van der Waals surface area contributed by atoms with Crippen molar-refractivity contribution in [1.29, 1.82) is 0 Å². The van der Waals surface area contributed by atoms with Gasteiger partial charge >= 0.3 is 0 Å². The molecule has 4 aromatic rings. The van der Waals surface area contributed by atoms with Gasteiger partial charge in [0.25, 0.3) is 5.89 Å². The summed E-state index contributed by atoms with van der Waals surface area (Å²) in [6.07, 6.45) is 0. The first-order chi connectivity index (χ1) is 12.6. The molecule has 0 aliphatic rings. The van der Waals surface area contributed by atoms with Gasteiger partial charge in [-0.1, -0.05) is 22.9 Å². The fourth-order valence-corrected chi connectivity index (χ4v) is 2.42. The molecule has 4 rings (SSSR count). The van der Waals surface area contributed by atoms with Gasteiger partial charge in [-0.15, -0.1) is 0 Å². The van der Waals surface area contributed by atoms with Crippen LogP contribution in [-0.4, -0.2) is 15.1 Å². The molecule has 0 saturated carbocycles. The molecular formula is C18H14FN5O2. The second-order valence-electron chi connectivity index (χ2n) is 5.64. The normalized spacial score (nSPS) is 10.9. The van der Waals surface area contributed by atoms with Crippen LogP contribution in [0.1, 0.15) is 5.56 Å². The number of halogens is 1. The summed E-state index contributed by atoms with van der Waals surface area (Å²) in [5, 5.41) is 3.90. The molecule has 2 aromatic carbocycles. The van der Waals surface area contributed by atoms with Crippen molar-refractivity contribution in [2.24, 2.45) is 5.84 Å². The van der Waals surface area contributed by atoms with Crippen LogP contribution >= 0.6 is 0 Å². The SMILES string of the molecule is Cc1ccc(-c2nc(-c3nc(-c4ccc(F)cc4)no3)c(NN)o2)cc1. The Kier molecular flexibility index (Phi) is 3.94. The predicted octanol–water partition coefficient (Wildman–Crippen LogP) is 3.79. The number of nitrogens with zero attached hydrogens (tertiary/aromatic N) is 3. The number of rotatable bonds is 4. The lowest BCUT2D eigenvalue weighted by Crippen LogP contribution is -2.06. The standard InChI is InChI=1S/C18H14FN5O2/c1-10-2-4-12(5-3-10)16-21-14(18(23-20)25-16)17-22-15(24-26-17)11-6-8-13(19)9-7-11/h2-9,23H,20H2,1H3. The fraction of sp³-hybridized carbons (Fsp3) is 0.0556. The molecular weight excluding hydrogens is 337 g/mol. The molecule has 130 valence electrons. The lowest BCUT2D eigenvalue weighted by atomic mass is 10.1. The molecule has 8 heteroatoms. The number of aryl methyl sites for hydroxylation is 1. The molecule has 0 amide bonds. The molecule has 0 aliphatic carbocycles. The van der Waals surface area contributed by atoms with Crippen LogP contribution in [0.25, 0.3) is 34.4 Å². The lowest BCUT2D eigenvalue weighted by molar-refractivity contribution is 0.431. The zero-order valence-corrected chi connectivity index (χ0v) is 13.7. The molecule has 2 heterocycles. The van der Waals surface area contributed by atoms with E-state index in [1.807, 2.05) is 31.2 Å². The maximum Gasteiger partial charge on any atom is 0.282 e. The van der Waals surface area contributed by atoms with E-state index in [1.54, 1.807) is 12.1 Å². The van der Waals surface area contributed by atoms with Gasteiger partial charge in [0, 0.05) is 11.1 Å². The first kappa shape index (κ1) is 16.0.